The molecule has 0 aliphatic carbocycles. The summed E-state index contributed by atoms with van der Waals surface area (Å²) in [5.41, 5.74) is 0.701. The SMILES string of the molecule is CCCCNC(=O)[C@H](CC)N(Cc1ccc(Cl)c(Cl)c1)C(=O)CN(c1cc(Cl)ccc1OC)S(=O)(=O)c1ccccc1. The summed E-state index contributed by atoms with van der Waals surface area (Å²) in [6.07, 6.45) is 1.95. The number of benzene rings is 3. The highest BCUT2D eigenvalue weighted by molar-refractivity contribution is 7.92. The van der Waals surface area contributed by atoms with Crippen molar-refractivity contribution in [2.75, 3.05) is 24.5 Å². The second-order valence-corrected chi connectivity index (χ2v) is 12.6. The first kappa shape index (κ1) is 33.5. The van der Waals surface area contributed by atoms with Crippen LogP contribution < -0.4 is 14.4 Å². The van der Waals surface area contributed by atoms with Gasteiger partial charge >= 0.3 is 0 Å². The van der Waals surface area contributed by atoms with Crippen LogP contribution in [0.15, 0.2) is 71.6 Å². The van der Waals surface area contributed by atoms with Crippen molar-refractivity contribution in [2.45, 2.75) is 50.6 Å². The molecule has 3 rings (SSSR count). The van der Waals surface area contributed by atoms with Crippen LogP contribution in [0.3, 0.4) is 0 Å². The topological polar surface area (TPSA) is 96.0 Å². The lowest BCUT2D eigenvalue weighted by atomic mass is 10.1. The maximum atomic E-state index is 14.2. The van der Waals surface area contributed by atoms with E-state index >= 15 is 0 Å². The standard InChI is InChI=1S/C30H34Cl3N3O5S/c1-4-6-16-34-30(38)26(5-2)35(19-21-12-14-24(32)25(33)17-21)29(37)20-36(27-18-22(31)13-15-28(27)41-3)42(39,40)23-10-8-7-9-11-23/h7-15,17-18,26H,4-6,16,19-20H2,1-3H3,(H,34,38)/t26-/m0/s1. The molecule has 0 bridgehead atoms. The highest BCUT2D eigenvalue weighted by Gasteiger charge is 2.35. The summed E-state index contributed by atoms with van der Waals surface area (Å²) < 4.78 is 34.4. The van der Waals surface area contributed by atoms with E-state index in [1.165, 1.54) is 36.3 Å². The van der Waals surface area contributed by atoms with Crippen molar-refractivity contribution in [3.05, 3.63) is 87.4 Å². The van der Waals surface area contributed by atoms with Gasteiger partial charge in [0.15, 0.2) is 0 Å². The molecular formula is C30H34Cl3N3O5S. The Balaban J connectivity index is 2.10. The van der Waals surface area contributed by atoms with Crippen molar-refractivity contribution in [1.29, 1.82) is 0 Å². The van der Waals surface area contributed by atoms with E-state index in [4.69, 9.17) is 39.5 Å². The Kier molecular flexibility index (Phi) is 12.4. The van der Waals surface area contributed by atoms with E-state index in [0.29, 0.717) is 22.2 Å². The van der Waals surface area contributed by atoms with E-state index in [1.54, 1.807) is 49.4 Å². The molecule has 226 valence electrons. The molecule has 0 spiro atoms. The zero-order valence-corrected chi connectivity index (χ0v) is 26.7. The fourth-order valence-electron chi connectivity index (χ4n) is 4.35. The molecule has 0 aliphatic heterocycles. The fraction of sp³-hybridized carbons (Fsp3) is 0.333. The number of rotatable bonds is 14. The maximum absolute atomic E-state index is 14.2. The Morgan fingerprint density at radius 3 is 2.29 bits per heavy atom. The Bertz CT molecular complexity index is 1490. The van der Waals surface area contributed by atoms with Crippen LogP contribution in [-0.2, 0) is 26.2 Å². The van der Waals surface area contributed by atoms with E-state index in [0.717, 1.165) is 17.1 Å². The van der Waals surface area contributed by atoms with Gasteiger partial charge in [-0.15, -0.1) is 0 Å². The van der Waals surface area contributed by atoms with Gasteiger partial charge in [0.25, 0.3) is 10.0 Å². The average molecular weight is 655 g/mol. The number of unbranched alkanes of at least 4 members (excludes halogenated alkanes) is 1. The Morgan fingerprint density at radius 2 is 1.67 bits per heavy atom. The molecule has 0 heterocycles. The number of sulfonamides is 1. The van der Waals surface area contributed by atoms with Crippen LogP contribution in [0.5, 0.6) is 5.75 Å². The van der Waals surface area contributed by atoms with Gasteiger partial charge in [0.1, 0.15) is 18.3 Å². The Labute approximate surface area is 262 Å². The first-order chi connectivity index (χ1) is 20.0. The van der Waals surface area contributed by atoms with Gasteiger partial charge in [-0.1, -0.05) is 79.3 Å². The number of methoxy groups -OCH3 is 1. The van der Waals surface area contributed by atoms with Crippen LogP contribution >= 0.6 is 34.8 Å². The van der Waals surface area contributed by atoms with Crippen LogP contribution in [0.1, 0.15) is 38.7 Å². The monoisotopic (exact) mass is 653 g/mol. The third kappa shape index (κ3) is 8.31. The molecule has 12 heteroatoms. The van der Waals surface area contributed by atoms with Gasteiger partial charge in [-0.25, -0.2) is 8.42 Å². The van der Waals surface area contributed by atoms with E-state index < -0.39 is 28.5 Å². The zero-order chi connectivity index (χ0) is 30.9. The third-order valence-corrected chi connectivity index (χ3v) is 9.32. The number of carbonyl (C=O) groups excluding carboxylic acids is 2. The summed E-state index contributed by atoms with van der Waals surface area (Å²) in [6.45, 7) is 3.61. The van der Waals surface area contributed by atoms with E-state index in [1.807, 2.05) is 6.92 Å². The average Bonchev–Trinajstić information content (AvgIpc) is 2.98. The number of hydrogen-bond acceptors (Lipinski definition) is 5. The number of halogens is 3. The predicted octanol–water partition coefficient (Wildman–Crippen LogP) is 6.57. The summed E-state index contributed by atoms with van der Waals surface area (Å²) in [7, 11) is -2.88. The molecule has 0 radical (unpaired) electrons. The van der Waals surface area contributed by atoms with Gasteiger partial charge in [-0.05, 0) is 60.9 Å². The van der Waals surface area contributed by atoms with E-state index in [2.05, 4.69) is 5.32 Å². The van der Waals surface area contributed by atoms with Crippen LogP contribution in [0.2, 0.25) is 15.1 Å². The summed E-state index contributed by atoms with van der Waals surface area (Å²) in [4.78, 5) is 28.8. The molecule has 1 N–H and O–H groups in total. The molecule has 0 aliphatic rings. The molecule has 42 heavy (non-hydrogen) atoms. The number of anilines is 1. The number of nitrogens with one attached hydrogen (secondary N) is 1. The third-order valence-electron chi connectivity index (χ3n) is 6.57. The molecule has 0 unspecified atom stereocenters. The minimum Gasteiger partial charge on any atom is -0.495 e. The quantitative estimate of drug-likeness (QED) is 0.198. The molecule has 1 atom stereocenters. The van der Waals surface area contributed by atoms with Gasteiger partial charge in [0, 0.05) is 18.1 Å². The lowest BCUT2D eigenvalue weighted by Gasteiger charge is -2.33. The fourth-order valence-corrected chi connectivity index (χ4v) is 6.28. The van der Waals surface area contributed by atoms with Gasteiger partial charge in [-0.2, -0.15) is 0 Å². The van der Waals surface area contributed by atoms with E-state index in [9.17, 15) is 18.0 Å². The maximum Gasteiger partial charge on any atom is 0.264 e. The lowest BCUT2D eigenvalue weighted by Crippen LogP contribution is -2.52. The minimum atomic E-state index is -4.28. The number of nitrogens with zero attached hydrogens (tertiary/aromatic N) is 2. The van der Waals surface area contributed by atoms with Crippen molar-refractivity contribution in [2.24, 2.45) is 0 Å². The number of carbonyl (C=O) groups is 2. The molecular weight excluding hydrogens is 621 g/mol. The molecule has 3 aromatic rings. The summed E-state index contributed by atoms with van der Waals surface area (Å²) in [5.74, 6) is -0.746. The molecule has 0 saturated heterocycles. The van der Waals surface area contributed by atoms with Crippen molar-refractivity contribution < 1.29 is 22.7 Å². The van der Waals surface area contributed by atoms with Crippen LogP contribution in [-0.4, -0.2) is 51.4 Å². The van der Waals surface area contributed by atoms with Crippen LogP contribution in [0.4, 0.5) is 5.69 Å². The highest BCUT2D eigenvalue weighted by atomic mass is 35.5. The number of ether oxygens (including phenoxy) is 1. The summed E-state index contributed by atoms with van der Waals surface area (Å²) >= 11 is 18.6. The normalized spacial score (nSPS) is 12.0. The number of hydrogen-bond donors (Lipinski definition) is 1. The smallest absolute Gasteiger partial charge is 0.264 e. The molecule has 2 amide bonds. The molecule has 0 aromatic heterocycles. The highest BCUT2D eigenvalue weighted by Crippen LogP contribution is 2.35. The van der Waals surface area contributed by atoms with Crippen molar-refractivity contribution in [3.63, 3.8) is 0 Å². The zero-order valence-electron chi connectivity index (χ0n) is 23.6. The Hall–Kier alpha value is -2.98. The predicted molar refractivity (Wildman–Crippen MR) is 168 cm³/mol. The molecule has 0 saturated carbocycles. The molecule has 8 nitrogen and oxygen atoms in total. The minimum absolute atomic E-state index is 0.0126. The second-order valence-electron chi connectivity index (χ2n) is 9.48. The van der Waals surface area contributed by atoms with Gasteiger partial charge in [0.2, 0.25) is 11.8 Å². The van der Waals surface area contributed by atoms with Crippen LogP contribution in [0.25, 0.3) is 0 Å². The van der Waals surface area contributed by atoms with Crippen LogP contribution in [0, 0.1) is 0 Å². The van der Waals surface area contributed by atoms with Gasteiger partial charge < -0.3 is 15.0 Å². The van der Waals surface area contributed by atoms with Crippen molar-refractivity contribution in [3.8, 4) is 5.75 Å². The Morgan fingerprint density at radius 1 is 0.952 bits per heavy atom. The molecule has 3 aromatic carbocycles. The largest absolute Gasteiger partial charge is 0.495 e. The van der Waals surface area contributed by atoms with Crippen molar-refractivity contribution in [1.82, 2.24) is 10.2 Å². The van der Waals surface area contributed by atoms with Crippen molar-refractivity contribution >= 4 is 62.3 Å². The van der Waals surface area contributed by atoms with E-state index in [-0.39, 0.29) is 40.2 Å². The summed E-state index contributed by atoms with van der Waals surface area (Å²) in [5, 5.41) is 3.78. The molecule has 0 fully saturated rings. The van der Waals surface area contributed by atoms with Gasteiger partial charge in [-0.3, -0.25) is 13.9 Å². The van der Waals surface area contributed by atoms with Gasteiger partial charge in [0.05, 0.1) is 27.7 Å². The number of amides is 2. The lowest BCUT2D eigenvalue weighted by molar-refractivity contribution is -0.140. The second kappa shape index (κ2) is 15.5. The first-order valence-electron chi connectivity index (χ1n) is 13.5. The first-order valence-corrected chi connectivity index (χ1v) is 16.0. The summed E-state index contributed by atoms with van der Waals surface area (Å²) in [6, 6.07) is 16.3.